The second kappa shape index (κ2) is 10.6. The lowest BCUT2D eigenvalue weighted by Crippen LogP contribution is -2.18. The summed E-state index contributed by atoms with van der Waals surface area (Å²) in [5.41, 5.74) is 10.5. The summed E-state index contributed by atoms with van der Waals surface area (Å²) in [6, 6.07) is 14.4. The molecule has 4 aliphatic rings. The topological polar surface area (TPSA) is 72.6 Å². The first kappa shape index (κ1) is 26.0. The molecule has 4 heterocycles. The molecule has 8 rings (SSSR count). The maximum atomic E-state index is 4.69. The molecule has 2 saturated heterocycles. The number of rotatable bonds is 4. The van der Waals surface area contributed by atoms with Crippen molar-refractivity contribution in [2.75, 3.05) is 20.1 Å². The third-order valence-corrected chi connectivity index (χ3v) is 10.5. The van der Waals surface area contributed by atoms with Gasteiger partial charge in [0.15, 0.2) is 0 Å². The largest absolute Gasteiger partial charge is 0.341 e. The van der Waals surface area contributed by atoms with E-state index >= 15 is 0 Å². The number of likely N-dealkylation sites (tertiary alicyclic amines) is 1. The summed E-state index contributed by atoms with van der Waals surface area (Å²) in [5, 5.41) is 3.54. The molecule has 3 fully saturated rings. The highest BCUT2D eigenvalue weighted by molar-refractivity contribution is 5.74. The maximum Gasteiger partial charge on any atom is 0.124 e. The number of fused-ring (bicyclic) bond motifs is 1. The zero-order valence-electron chi connectivity index (χ0n) is 24.6. The van der Waals surface area contributed by atoms with Gasteiger partial charge in [0.05, 0.1) is 30.2 Å². The highest BCUT2D eigenvalue weighted by Crippen LogP contribution is 2.51. The normalized spacial score (nSPS) is 23.0. The first-order chi connectivity index (χ1) is 20.6. The molecule has 1 saturated carbocycles. The van der Waals surface area contributed by atoms with Gasteiger partial charge in [-0.25, -0.2) is 9.97 Å². The molecule has 2 aliphatic carbocycles. The van der Waals surface area contributed by atoms with Gasteiger partial charge in [-0.15, -0.1) is 0 Å². The molecule has 42 heavy (non-hydrogen) atoms. The molecule has 3 N–H and O–H groups in total. The van der Waals surface area contributed by atoms with Crippen LogP contribution < -0.4 is 5.32 Å². The molecule has 214 valence electrons. The van der Waals surface area contributed by atoms with Crippen molar-refractivity contribution in [1.29, 1.82) is 0 Å². The fraction of sp³-hybridized carbons (Fsp3) is 0.444. The average Bonchev–Trinajstić information content (AvgIpc) is 3.85. The molecule has 6 nitrogen and oxygen atoms in total. The number of imidazole rings is 2. The molecule has 2 aliphatic heterocycles. The fourth-order valence-electron chi connectivity index (χ4n) is 8.14. The lowest BCUT2D eigenvalue weighted by Gasteiger charge is -2.21. The Morgan fingerprint density at radius 2 is 1.62 bits per heavy atom. The zero-order chi connectivity index (χ0) is 28.1. The second-order valence-electron chi connectivity index (χ2n) is 13.2. The molecule has 2 atom stereocenters. The summed E-state index contributed by atoms with van der Waals surface area (Å²) < 4.78 is 0. The third-order valence-electron chi connectivity index (χ3n) is 10.5. The maximum absolute atomic E-state index is 4.69. The van der Waals surface area contributed by atoms with E-state index < -0.39 is 0 Å². The van der Waals surface area contributed by atoms with Crippen LogP contribution in [-0.2, 0) is 12.8 Å². The van der Waals surface area contributed by atoms with Crippen molar-refractivity contribution in [2.45, 2.75) is 76.3 Å². The predicted octanol–water partition coefficient (Wildman–Crippen LogP) is 6.72. The molecule has 2 aromatic carbocycles. The van der Waals surface area contributed by atoms with E-state index in [-0.39, 0.29) is 0 Å². The van der Waals surface area contributed by atoms with Crippen molar-refractivity contribution in [2.24, 2.45) is 5.41 Å². The van der Waals surface area contributed by atoms with E-state index in [1.807, 2.05) is 12.4 Å². The molecule has 0 unspecified atom stereocenters. The molecular weight excluding hydrogens is 516 g/mol. The number of aromatic amines is 2. The van der Waals surface area contributed by atoms with Gasteiger partial charge < -0.3 is 15.3 Å². The van der Waals surface area contributed by atoms with Crippen LogP contribution in [0, 0.1) is 17.3 Å². The SMILES string of the molecule is CN1CCC[C@H]1c1ncc(C#Cc2ccc(-c3ccc(-c4cnc([C@@H]5CCCN5)[nH]4)cc3)c3c2CC2(CCCC2)C3)[nH]1. The summed E-state index contributed by atoms with van der Waals surface area (Å²) in [5.74, 6) is 9.11. The minimum absolute atomic E-state index is 0.356. The van der Waals surface area contributed by atoms with Crippen LogP contribution in [0.4, 0.5) is 0 Å². The second-order valence-corrected chi connectivity index (χ2v) is 13.2. The summed E-state index contributed by atoms with van der Waals surface area (Å²) >= 11 is 0. The Labute approximate surface area is 248 Å². The van der Waals surface area contributed by atoms with Crippen molar-refractivity contribution in [3.05, 3.63) is 82.8 Å². The van der Waals surface area contributed by atoms with E-state index in [2.05, 4.69) is 85.4 Å². The van der Waals surface area contributed by atoms with E-state index in [0.29, 0.717) is 17.5 Å². The molecular formula is C36H40N6. The number of hydrogen-bond donors (Lipinski definition) is 3. The molecule has 0 bridgehead atoms. The monoisotopic (exact) mass is 556 g/mol. The quantitative estimate of drug-likeness (QED) is 0.244. The number of hydrogen-bond acceptors (Lipinski definition) is 4. The first-order valence-corrected chi connectivity index (χ1v) is 16.0. The lowest BCUT2D eigenvalue weighted by atomic mass is 9.83. The Balaban J connectivity index is 1.09. The van der Waals surface area contributed by atoms with E-state index in [1.54, 1.807) is 0 Å². The number of aromatic nitrogens is 4. The fourth-order valence-corrected chi connectivity index (χ4v) is 8.14. The molecule has 2 aromatic heterocycles. The summed E-state index contributed by atoms with van der Waals surface area (Å²) in [4.78, 5) is 18.8. The van der Waals surface area contributed by atoms with Crippen molar-refractivity contribution >= 4 is 0 Å². The first-order valence-electron chi connectivity index (χ1n) is 16.0. The van der Waals surface area contributed by atoms with Crippen LogP contribution in [0.5, 0.6) is 0 Å². The predicted molar refractivity (Wildman–Crippen MR) is 167 cm³/mol. The zero-order valence-corrected chi connectivity index (χ0v) is 24.6. The van der Waals surface area contributed by atoms with Crippen LogP contribution in [0.15, 0.2) is 48.8 Å². The van der Waals surface area contributed by atoms with E-state index in [4.69, 9.17) is 0 Å². The third kappa shape index (κ3) is 4.69. The standard InChI is InChI=1S/C36H40N6/c1-42-19-5-7-33(42)35-38-22-27(40-35)14-12-25-13-15-28(30-21-36(20-29(25)30)16-2-3-17-36)24-8-10-26(11-9-24)32-23-39-34(41-32)31-6-4-18-37-31/h8-11,13,15,22-23,31,33,37H,2-7,16-21H2,1H3,(H,38,40)(H,39,41)/t31-,33-/m0/s1. The van der Waals surface area contributed by atoms with Gasteiger partial charge in [0.1, 0.15) is 17.3 Å². The Kier molecular flexibility index (Phi) is 6.54. The molecule has 0 radical (unpaired) electrons. The Bertz CT molecular complexity index is 1650. The highest BCUT2D eigenvalue weighted by atomic mass is 15.2. The van der Waals surface area contributed by atoms with Crippen LogP contribution in [0.3, 0.4) is 0 Å². The van der Waals surface area contributed by atoms with Crippen molar-refractivity contribution in [3.8, 4) is 34.2 Å². The highest BCUT2D eigenvalue weighted by Gasteiger charge is 2.41. The molecule has 0 amide bonds. The number of benzene rings is 2. The van der Waals surface area contributed by atoms with E-state index in [1.165, 1.54) is 78.3 Å². The lowest BCUT2D eigenvalue weighted by molar-refractivity contribution is 0.307. The van der Waals surface area contributed by atoms with Gasteiger partial charge in [0.2, 0.25) is 0 Å². The van der Waals surface area contributed by atoms with Gasteiger partial charge >= 0.3 is 0 Å². The van der Waals surface area contributed by atoms with Crippen LogP contribution in [0.1, 0.15) is 97.5 Å². The van der Waals surface area contributed by atoms with Gasteiger partial charge in [0.25, 0.3) is 0 Å². The average molecular weight is 557 g/mol. The molecule has 4 aromatic rings. The smallest absolute Gasteiger partial charge is 0.124 e. The van der Waals surface area contributed by atoms with Gasteiger partial charge in [-0.05, 0) is 117 Å². The van der Waals surface area contributed by atoms with Crippen LogP contribution >= 0.6 is 0 Å². The molecule has 1 spiro atoms. The Morgan fingerprint density at radius 3 is 2.40 bits per heavy atom. The summed E-state index contributed by atoms with van der Waals surface area (Å²) in [7, 11) is 2.19. The van der Waals surface area contributed by atoms with Gasteiger partial charge in [-0.2, -0.15) is 0 Å². The van der Waals surface area contributed by atoms with E-state index in [0.717, 1.165) is 55.4 Å². The van der Waals surface area contributed by atoms with Gasteiger partial charge in [0, 0.05) is 5.56 Å². The van der Waals surface area contributed by atoms with Crippen molar-refractivity contribution in [1.82, 2.24) is 30.2 Å². The van der Waals surface area contributed by atoms with Gasteiger partial charge in [-0.1, -0.05) is 49.1 Å². The summed E-state index contributed by atoms with van der Waals surface area (Å²) in [6.07, 6.45) is 16.4. The Hall–Kier alpha value is -3.66. The number of H-pyrrole nitrogens is 2. The van der Waals surface area contributed by atoms with Crippen LogP contribution in [-0.4, -0.2) is 45.0 Å². The van der Waals surface area contributed by atoms with Gasteiger partial charge in [-0.3, -0.25) is 4.90 Å². The van der Waals surface area contributed by atoms with Crippen LogP contribution in [0.25, 0.3) is 22.4 Å². The van der Waals surface area contributed by atoms with Crippen LogP contribution in [0.2, 0.25) is 0 Å². The molecule has 6 heteroatoms. The minimum Gasteiger partial charge on any atom is -0.341 e. The van der Waals surface area contributed by atoms with Crippen molar-refractivity contribution in [3.63, 3.8) is 0 Å². The van der Waals surface area contributed by atoms with E-state index in [9.17, 15) is 0 Å². The number of nitrogens with zero attached hydrogens (tertiary/aromatic N) is 3. The van der Waals surface area contributed by atoms with Crippen molar-refractivity contribution < 1.29 is 0 Å². The summed E-state index contributed by atoms with van der Waals surface area (Å²) in [6.45, 7) is 2.21. The Morgan fingerprint density at radius 1 is 0.810 bits per heavy atom. The minimum atomic E-state index is 0.356. The number of nitrogens with one attached hydrogen (secondary N) is 3.